The molecule has 2 N–H and O–H groups in total. The maximum atomic E-state index is 10.6. The summed E-state index contributed by atoms with van der Waals surface area (Å²) < 4.78 is 0. The third-order valence-corrected chi connectivity index (χ3v) is 6.63. The maximum Gasteiger partial charge on any atom is 0.115 e. The third kappa shape index (κ3) is 2.12. The molecule has 0 aliphatic heterocycles. The van der Waals surface area contributed by atoms with Crippen LogP contribution < -0.4 is 0 Å². The summed E-state index contributed by atoms with van der Waals surface area (Å²) in [6.45, 7) is 0. The second-order valence-corrected chi connectivity index (χ2v) is 7.48. The monoisotopic (exact) mass is 309 g/mol. The number of allylic oxidation sites excluding steroid dienone is 1. The molecule has 1 unspecified atom stereocenters. The Hall–Kier alpha value is -1.79. The maximum absolute atomic E-state index is 10.6. The Morgan fingerprint density at radius 1 is 1.26 bits per heavy atom. The van der Waals surface area contributed by atoms with Gasteiger partial charge in [0.2, 0.25) is 0 Å². The number of nitriles is 1. The van der Waals surface area contributed by atoms with Crippen molar-refractivity contribution in [1.82, 2.24) is 0 Å². The Kier molecular flexibility index (Phi) is 3.46. The molecule has 0 radical (unpaired) electrons. The fourth-order valence-corrected chi connectivity index (χ4v) is 5.57. The van der Waals surface area contributed by atoms with E-state index in [1.165, 1.54) is 11.1 Å². The van der Waals surface area contributed by atoms with Gasteiger partial charge in [0.05, 0.1) is 12.2 Å². The molecule has 0 heterocycles. The van der Waals surface area contributed by atoms with Crippen LogP contribution in [0.4, 0.5) is 0 Å². The average molecular weight is 309 g/mol. The number of fused-ring (bicyclic) bond motifs is 5. The van der Waals surface area contributed by atoms with Gasteiger partial charge >= 0.3 is 0 Å². The summed E-state index contributed by atoms with van der Waals surface area (Å²) >= 11 is 0. The first kappa shape index (κ1) is 14.8. The molecule has 0 saturated heterocycles. The highest BCUT2D eigenvalue weighted by Crippen LogP contribution is 2.60. The van der Waals surface area contributed by atoms with Gasteiger partial charge in [0.25, 0.3) is 0 Å². The van der Waals surface area contributed by atoms with Crippen molar-refractivity contribution in [1.29, 1.82) is 5.26 Å². The Labute approximate surface area is 137 Å². The number of hydrogen-bond donors (Lipinski definition) is 2. The Morgan fingerprint density at radius 2 is 2.13 bits per heavy atom. The zero-order valence-electron chi connectivity index (χ0n) is 13.3. The summed E-state index contributed by atoms with van der Waals surface area (Å²) in [6, 6.07) is 8.09. The Bertz CT molecular complexity index is 689. The van der Waals surface area contributed by atoms with E-state index in [2.05, 4.69) is 18.2 Å². The lowest BCUT2D eigenvalue weighted by molar-refractivity contribution is -0.0298. The average Bonchev–Trinajstić information content (AvgIpc) is 2.89. The number of phenols is 1. The number of nitrogens with zero attached hydrogens (tertiary/aromatic N) is 1. The van der Waals surface area contributed by atoms with Crippen molar-refractivity contribution < 1.29 is 10.2 Å². The lowest BCUT2D eigenvalue weighted by Crippen LogP contribution is -2.46. The molecule has 0 aromatic heterocycles. The van der Waals surface area contributed by atoms with Crippen molar-refractivity contribution in [2.75, 3.05) is 0 Å². The standard InChI is InChI=1S/C20H23NO2/c21-11-1-9-20-10-8-16-15-5-3-14(22)12-13(15)2-4-17(16)18(20)6-7-19(20)23/h3,5-7,12,16-19,22-23H,1-2,4,8-10H2/t16-,17-,18+,19+,20?/m1/s1. The van der Waals surface area contributed by atoms with Crippen LogP contribution in [0, 0.1) is 28.6 Å². The molecule has 0 amide bonds. The molecule has 1 aromatic carbocycles. The number of phenolic OH excluding ortho intramolecular Hbond substituents is 1. The molecule has 3 heteroatoms. The van der Waals surface area contributed by atoms with E-state index in [1.54, 1.807) is 6.07 Å². The molecule has 3 aliphatic rings. The Morgan fingerprint density at radius 3 is 2.96 bits per heavy atom. The number of hydrogen-bond acceptors (Lipinski definition) is 3. The van der Waals surface area contributed by atoms with Crippen LogP contribution in [0.1, 0.15) is 49.1 Å². The van der Waals surface area contributed by atoms with E-state index in [-0.39, 0.29) is 5.41 Å². The summed E-state index contributed by atoms with van der Waals surface area (Å²) in [5.74, 6) is 1.81. The molecule has 1 fully saturated rings. The Balaban J connectivity index is 1.68. The quantitative estimate of drug-likeness (QED) is 0.819. The summed E-state index contributed by atoms with van der Waals surface area (Å²) in [6.07, 6.45) is 9.28. The topological polar surface area (TPSA) is 64.2 Å². The molecule has 4 rings (SSSR count). The van der Waals surface area contributed by atoms with E-state index in [0.717, 1.165) is 32.1 Å². The van der Waals surface area contributed by atoms with Gasteiger partial charge in [-0.15, -0.1) is 0 Å². The highest BCUT2D eigenvalue weighted by molar-refractivity contribution is 5.40. The van der Waals surface area contributed by atoms with Crippen LogP contribution in [0.5, 0.6) is 5.75 Å². The van der Waals surface area contributed by atoms with E-state index < -0.39 is 6.10 Å². The second-order valence-electron chi connectivity index (χ2n) is 7.48. The van der Waals surface area contributed by atoms with Crippen molar-refractivity contribution in [3.05, 3.63) is 41.5 Å². The van der Waals surface area contributed by atoms with Gasteiger partial charge in [0, 0.05) is 11.8 Å². The number of aromatic hydroxyl groups is 1. The molecular weight excluding hydrogens is 286 g/mol. The molecule has 0 bridgehead atoms. The lowest BCUT2D eigenvalue weighted by Gasteiger charge is -2.51. The summed E-state index contributed by atoms with van der Waals surface area (Å²) in [5, 5.41) is 29.3. The van der Waals surface area contributed by atoms with Crippen molar-refractivity contribution in [3.63, 3.8) is 0 Å². The van der Waals surface area contributed by atoms with Crippen LogP contribution in [-0.4, -0.2) is 16.3 Å². The van der Waals surface area contributed by atoms with E-state index in [4.69, 9.17) is 5.26 Å². The predicted octanol–water partition coefficient (Wildman–Crippen LogP) is 3.67. The fourth-order valence-electron chi connectivity index (χ4n) is 5.57. The number of rotatable bonds is 2. The minimum Gasteiger partial charge on any atom is -0.508 e. The number of aliphatic hydroxyl groups excluding tert-OH is 1. The molecular formula is C20H23NO2. The molecule has 1 aromatic rings. The second kappa shape index (κ2) is 5.39. The molecule has 3 nitrogen and oxygen atoms in total. The number of benzene rings is 1. The van der Waals surface area contributed by atoms with Gasteiger partial charge in [0.1, 0.15) is 5.75 Å². The van der Waals surface area contributed by atoms with Crippen molar-refractivity contribution >= 4 is 0 Å². The SMILES string of the molecule is N#CCCC12CC[C@@H]3c4ccc(O)cc4CC[C@H]3[C@@H]1C=C[C@@H]2O. The third-order valence-electron chi connectivity index (χ3n) is 6.63. The highest BCUT2D eigenvalue weighted by atomic mass is 16.3. The predicted molar refractivity (Wildman–Crippen MR) is 87.8 cm³/mol. The zero-order chi connectivity index (χ0) is 16.0. The van der Waals surface area contributed by atoms with Gasteiger partial charge in [-0.05, 0) is 73.1 Å². The minimum absolute atomic E-state index is 0.120. The van der Waals surface area contributed by atoms with E-state index in [9.17, 15) is 10.2 Å². The van der Waals surface area contributed by atoms with Gasteiger partial charge in [-0.25, -0.2) is 0 Å². The van der Waals surface area contributed by atoms with Crippen molar-refractivity contribution in [2.24, 2.45) is 17.3 Å². The van der Waals surface area contributed by atoms with E-state index in [0.29, 0.717) is 29.9 Å². The minimum atomic E-state index is -0.400. The van der Waals surface area contributed by atoms with Crippen molar-refractivity contribution in [2.45, 2.75) is 50.5 Å². The largest absolute Gasteiger partial charge is 0.508 e. The van der Waals surface area contributed by atoms with Crippen LogP contribution in [0.15, 0.2) is 30.4 Å². The molecule has 120 valence electrons. The summed E-state index contributed by atoms with van der Waals surface area (Å²) in [4.78, 5) is 0. The summed E-state index contributed by atoms with van der Waals surface area (Å²) in [5.41, 5.74) is 2.56. The van der Waals surface area contributed by atoms with Crippen molar-refractivity contribution in [3.8, 4) is 11.8 Å². The van der Waals surface area contributed by atoms with Crippen LogP contribution >= 0.6 is 0 Å². The molecule has 3 aliphatic carbocycles. The fraction of sp³-hybridized carbons (Fsp3) is 0.550. The van der Waals surface area contributed by atoms with Gasteiger partial charge in [-0.2, -0.15) is 5.26 Å². The molecule has 5 atom stereocenters. The number of aliphatic hydroxyl groups is 1. The van der Waals surface area contributed by atoms with E-state index in [1.807, 2.05) is 12.1 Å². The van der Waals surface area contributed by atoms with Crippen LogP contribution in [0.3, 0.4) is 0 Å². The zero-order valence-corrected chi connectivity index (χ0v) is 13.3. The van der Waals surface area contributed by atoms with Crippen LogP contribution in [0.25, 0.3) is 0 Å². The van der Waals surface area contributed by atoms with Gasteiger partial charge in [-0.1, -0.05) is 18.2 Å². The smallest absolute Gasteiger partial charge is 0.115 e. The lowest BCUT2D eigenvalue weighted by atomic mass is 9.53. The van der Waals surface area contributed by atoms with Crippen LogP contribution in [0.2, 0.25) is 0 Å². The van der Waals surface area contributed by atoms with Gasteiger partial charge in [0.15, 0.2) is 0 Å². The number of aryl methyl sites for hydroxylation is 1. The first-order chi connectivity index (χ1) is 11.2. The molecule has 0 spiro atoms. The van der Waals surface area contributed by atoms with E-state index >= 15 is 0 Å². The van der Waals surface area contributed by atoms with Gasteiger partial charge < -0.3 is 10.2 Å². The summed E-state index contributed by atoms with van der Waals surface area (Å²) in [7, 11) is 0. The first-order valence-electron chi connectivity index (χ1n) is 8.71. The van der Waals surface area contributed by atoms with Gasteiger partial charge in [-0.3, -0.25) is 0 Å². The highest BCUT2D eigenvalue weighted by Gasteiger charge is 2.54. The van der Waals surface area contributed by atoms with Crippen LogP contribution in [-0.2, 0) is 6.42 Å². The normalized spacial score (nSPS) is 37.6. The molecule has 23 heavy (non-hydrogen) atoms. The first-order valence-corrected chi connectivity index (χ1v) is 8.71. The molecule has 1 saturated carbocycles.